The van der Waals surface area contributed by atoms with E-state index in [1.165, 1.54) is 0 Å². The number of hydrogen-bond donors (Lipinski definition) is 3. The van der Waals surface area contributed by atoms with Crippen LogP contribution in [0.1, 0.15) is 46.5 Å². The molecule has 0 atom stereocenters. The predicted octanol–water partition coefficient (Wildman–Crippen LogP) is 1.34. The molecule has 0 unspecified atom stereocenters. The molecule has 1 aliphatic heterocycles. The number of amidine groups is 1. The number of nitrogens with zero attached hydrogens (tertiary/aromatic N) is 2. The van der Waals surface area contributed by atoms with E-state index in [1.807, 2.05) is 32.8 Å². The standard InChI is InChI=1S/C13H25N5O2/c1-13(2,3)20-12(19)14-10-7-5-9(6-8-10)11-15-16-17-18(11)4/h9-10,16-17H,5-8H2,1-4H3,(H,14,19). The highest BCUT2D eigenvalue weighted by Crippen LogP contribution is 2.26. The van der Waals surface area contributed by atoms with Crippen LogP contribution in [0.4, 0.5) is 4.79 Å². The van der Waals surface area contributed by atoms with Gasteiger partial charge in [-0.2, -0.15) is 0 Å². The Morgan fingerprint density at radius 1 is 1.35 bits per heavy atom. The van der Waals surface area contributed by atoms with Crippen LogP contribution in [0.15, 0.2) is 5.10 Å². The van der Waals surface area contributed by atoms with Crippen LogP contribution in [0.5, 0.6) is 0 Å². The van der Waals surface area contributed by atoms with E-state index >= 15 is 0 Å². The fraction of sp³-hybridized carbons (Fsp3) is 0.846. The topological polar surface area (TPSA) is 78.0 Å². The Labute approximate surface area is 120 Å². The average molecular weight is 283 g/mol. The number of rotatable bonds is 2. The Morgan fingerprint density at radius 2 is 2.00 bits per heavy atom. The highest BCUT2D eigenvalue weighted by atomic mass is 16.6. The van der Waals surface area contributed by atoms with E-state index < -0.39 is 5.60 Å². The molecule has 1 fully saturated rings. The minimum atomic E-state index is -0.445. The van der Waals surface area contributed by atoms with E-state index in [1.54, 1.807) is 0 Å². The molecule has 0 aromatic heterocycles. The number of hydrazone groups is 1. The fourth-order valence-electron chi connectivity index (χ4n) is 2.62. The Kier molecular flexibility index (Phi) is 4.37. The third-order valence-electron chi connectivity index (χ3n) is 3.54. The molecular formula is C13H25N5O2. The molecule has 3 N–H and O–H groups in total. The van der Waals surface area contributed by atoms with Crippen molar-refractivity contribution in [1.29, 1.82) is 0 Å². The maximum absolute atomic E-state index is 11.7. The number of ether oxygens (including phenoxy) is 1. The highest BCUT2D eigenvalue weighted by molar-refractivity contribution is 5.84. The minimum Gasteiger partial charge on any atom is -0.444 e. The molecule has 1 heterocycles. The Morgan fingerprint density at radius 3 is 2.50 bits per heavy atom. The van der Waals surface area contributed by atoms with Crippen molar-refractivity contribution >= 4 is 11.9 Å². The zero-order valence-electron chi connectivity index (χ0n) is 12.7. The van der Waals surface area contributed by atoms with Gasteiger partial charge in [-0.25, -0.2) is 10.3 Å². The van der Waals surface area contributed by atoms with Crippen molar-refractivity contribution in [2.24, 2.45) is 11.0 Å². The molecule has 0 aromatic carbocycles. The van der Waals surface area contributed by atoms with Gasteiger partial charge in [-0.3, -0.25) is 5.01 Å². The number of carbonyl (C=O) groups is 1. The van der Waals surface area contributed by atoms with Gasteiger partial charge in [0, 0.05) is 19.0 Å². The molecule has 2 aliphatic rings. The van der Waals surface area contributed by atoms with E-state index in [9.17, 15) is 4.79 Å². The molecule has 1 saturated carbocycles. The first-order valence-electron chi connectivity index (χ1n) is 7.16. The van der Waals surface area contributed by atoms with E-state index in [2.05, 4.69) is 21.5 Å². The van der Waals surface area contributed by atoms with Crippen molar-refractivity contribution in [1.82, 2.24) is 21.4 Å². The molecule has 1 aliphatic carbocycles. The van der Waals surface area contributed by atoms with Crippen LogP contribution in [-0.2, 0) is 4.74 Å². The van der Waals surface area contributed by atoms with Crippen LogP contribution >= 0.6 is 0 Å². The number of nitrogens with one attached hydrogen (secondary N) is 3. The summed E-state index contributed by atoms with van der Waals surface area (Å²) in [6.45, 7) is 5.62. The van der Waals surface area contributed by atoms with Gasteiger partial charge in [0.1, 0.15) is 11.4 Å². The van der Waals surface area contributed by atoms with Crippen LogP contribution in [-0.4, -0.2) is 35.6 Å². The van der Waals surface area contributed by atoms with Crippen molar-refractivity contribution in [3.63, 3.8) is 0 Å². The van der Waals surface area contributed by atoms with Gasteiger partial charge in [-0.05, 0) is 46.5 Å². The maximum atomic E-state index is 11.7. The molecule has 7 nitrogen and oxygen atoms in total. The first-order chi connectivity index (χ1) is 9.35. The van der Waals surface area contributed by atoms with Gasteiger partial charge in [0.25, 0.3) is 0 Å². The fourth-order valence-corrected chi connectivity index (χ4v) is 2.62. The highest BCUT2D eigenvalue weighted by Gasteiger charge is 2.30. The van der Waals surface area contributed by atoms with Crippen LogP contribution in [0.2, 0.25) is 0 Å². The van der Waals surface area contributed by atoms with Gasteiger partial charge in [0.15, 0.2) is 0 Å². The number of hydrazine groups is 2. The Balaban J connectivity index is 1.76. The largest absolute Gasteiger partial charge is 0.444 e. The van der Waals surface area contributed by atoms with Crippen LogP contribution < -0.4 is 16.4 Å². The minimum absolute atomic E-state index is 0.203. The number of hydrogen-bond acceptors (Lipinski definition) is 6. The zero-order valence-corrected chi connectivity index (χ0v) is 12.7. The Bertz CT molecular complexity index is 383. The molecule has 0 spiro atoms. The van der Waals surface area contributed by atoms with Crippen molar-refractivity contribution in [3.05, 3.63) is 0 Å². The lowest BCUT2D eigenvalue weighted by atomic mass is 9.85. The summed E-state index contributed by atoms with van der Waals surface area (Å²) in [7, 11) is 1.95. The van der Waals surface area contributed by atoms with Gasteiger partial charge in [-0.15, -0.1) is 10.6 Å². The number of alkyl carbamates (subject to hydrolysis) is 1. The SMILES string of the molecule is CN1NNN=C1C1CCC(NC(=O)OC(C)(C)C)CC1. The molecule has 2 rings (SSSR count). The van der Waals surface area contributed by atoms with Crippen molar-refractivity contribution in [2.45, 2.75) is 58.1 Å². The van der Waals surface area contributed by atoms with Gasteiger partial charge < -0.3 is 10.1 Å². The summed E-state index contributed by atoms with van der Waals surface area (Å²) in [6, 6.07) is 0.203. The van der Waals surface area contributed by atoms with Crippen molar-refractivity contribution in [2.75, 3.05) is 7.05 Å². The normalized spacial score (nSPS) is 26.8. The van der Waals surface area contributed by atoms with Crippen LogP contribution in [0.25, 0.3) is 0 Å². The molecule has 0 bridgehead atoms. The first kappa shape index (κ1) is 14.9. The lowest BCUT2D eigenvalue weighted by Gasteiger charge is -2.31. The first-order valence-corrected chi connectivity index (χ1v) is 7.16. The van der Waals surface area contributed by atoms with Crippen LogP contribution in [0.3, 0.4) is 0 Å². The monoisotopic (exact) mass is 283 g/mol. The van der Waals surface area contributed by atoms with E-state index in [0.29, 0.717) is 5.92 Å². The second kappa shape index (κ2) is 5.87. The van der Waals surface area contributed by atoms with E-state index in [0.717, 1.165) is 31.5 Å². The molecule has 0 saturated heterocycles. The second-order valence-corrected chi connectivity index (χ2v) is 6.45. The smallest absolute Gasteiger partial charge is 0.407 e. The van der Waals surface area contributed by atoms with Crippen molar-refractivity contribution < 1.29 is 9.53 Å². The van der Waals surface area contributed by atoms with Gasteiger partial charge in [0.2, 0.25) is 0 Å². The predicted molar refractivity (Wildman–Crippen MR) is 76.6 cm³/mol. The third kappa shape index (κ3) is 4.00. The third-order valence-corrected chi connectivity index (χ3v) is 3.54. The van der Waals surface area contributed by atoms with E-state index in [4.69, 9.17) is 4.74 Å². The molecule has 114 valence electrons. The Hall–Kier alpha value is -1.50. The maximum Gasteiger partial charge on any atom is 0.407 e. The summed E-state index contributed by atoms with van der Waals surface area (Å²) in [6.07, 6.45) is 3.63. The quantitative estimate of drug-likeness (QED) is 0.713. The van der Waals surface area contributed by atoms with Crippen molar-refractivity contribution in [3.8, 4) is 0 Å². The summed E-state index contributed by atoms with van der Waals surface area (Å²) in [5.74, 6) is 1.49. The molecule has 0 radical (unpaired) electrons. The van der Waals surface area contributed by atoms with Gasteiger partial charge in [-0.1, -0.05) is 0 Å². The summed E-state index contributed by atoms with van der Waals surface area (Å²) >= 11 is 0. The van der Waals surface area contributed by atoms with E-state index in [-0.39, 0.29) is 12.1 Å². The summed E-state index contributed by atoms with van der Waals surface area (Å²) in [5.41, 5.74) is 5.24. The molecule has 7 heteroatoms. The average Bonchev–Trinajstić information content (AvgIpc) is 2.74. The molecular weight excluding hydrogens is 258 g/mol. The molecule has 1 amide bonds. The lowest BCUT2D eigenvalue weighted by Crippen LogP contribution is -2.44. The summed E-state index contributed by atoms with van der Waals surface area (Å²) < 4.78 is 5.28. The number of amides is 1. The lowest BCUT2D eigenvalue weighted by molar-refractivity contribution is 0.0490. The molecule has 20 heavy (non-hydrogen) atoms. The second-order valence-electron chi connectivity index (χ2n) is 6.45. The summed E-state index contributed by atoms with van der Waals surface area (Å²) in [5, 5.41) is 9.11. The van der Waals surface area contributed by atoms with Gasteiger partial charge in [0.05, 0.1) is 0 Å². The molecule has 0 aromatic rings. The van der Waals surface area contributed by atoms with Crippen LogP contribution in [0, 0.1) is 5.92 Å². The van der Waals surface area contributed by atoms with Gasteiger partial charge >= 0.3 is 6.09 Å². The number of carbonyl (C=O) groups excluding carboxylic acids is 1. The zero-order chi connectivity index (χ0) is 14.8. The summed E-state index contributed by atoms with van der Waals surface area (Å²) in [4.78, 5) is 11.7.